The van der Waals surface area contributed by atoms with E-state index < -0.39 is 0 Å². The highest BCUT2D eigenvalue weighted by Crippen LogP contribution is 2.35. The van der Waals surface area contributed by atoms with Crippen molar-refractivity contribution in [3.05, 3.63) is 47.5 Å². The lowest BCUT2D eigenvalue weighted by Gasteiger charge is -2.10. The summed E-state index contributed by atoms with van der Waals surface area (Å²) in [7, 11) is 1.67. The van der Waals surface area contributed by atoms with Gasteiger partial charge in [0.15, 0.2) is 0 Å². The fourth-order valence-electron chi connectivity index (χ4n) is 1.80. The lowest BCUT2D eigenvalue weighted by Crippen LogP contribution is -1.88. The molecule has 0 N–H and O–H groups in total. The smallest absolute Gasteiger partial charge is 0.127 e. The summed E-state index contributed by atoms with van der Waals surface area (Å²) in [4.78, 5) is 1.13. The summed E-state index contributed by atoms with van der Waals surface area (Å²) < 4.78 is 5.36. The van der Waals surface area contributed by atoms with Crippen LogP contribution in [0.3, 0.4) is 0 Å². The van der Waals surface area contributed by atoms with Gasteiger partial charge in [-0.2, -0.15) is 0 Å². The zero-order chi connectivity index (χ0) is 13.7. The Morgan fingerprint density at radius 2 is 2.16 bits per heavy atom. The molecule has 0 saturated heterocycles. The van der Waals surface area contributed by atoms with Crippen LogP contribution in [0.5, 0.6) is 5.75 Å². The SMILES string of the molecule is CCCSc1ccc(-c2[c]cccc2OC)cc1Cl. The van der Waals surface area contributed by atoms with Crippen molar-refractivity contribution in [2.24, 2.45) is 0 Å². The third-order valence-corrected chi connectivity index (χ3v) is 4.42. The zero-order valence-electron chi connectivity index (χ0n) is 11.1. The van der Waals surface area contributed by atoms with E-state index >= 15 is 0 Å². The fraction of sp³-hybridized carbons (Fsp3) is 0.250. The van der Waals surface area contributed by atoms with Crippen LogP contribution in [0.2, 0.25) is 5.02 Å². The number of ether oxygens (including phenoxy) is 1. The molecular formula is C16H16ClOS. The molecule has 3 heteroatoms. The van der Waals surface area contributed by atoms with Crippen LogP contribution < -0.4 is 4.74 Å². The molecular weight excluding hydrogens is 276 g/mol. The average molecular weight is 292 g/mol. The van der Waals surface area contributed by atoms with Crippen LogP contribution in [-0.4, -0.2) is 12.9 Å². The number of hydrogen-bond donors (Lipinski definition) is 0. The first-order chi connectivity index (χ1) is 9.26. The molecule has 0 heterocycles. The van der Waals surface area contributed by atoms with Crippen molar-refractivity contribution < 1.29 is 4.74 Å². The van der Waals surface area contributed by atoms with E-state index in [1.165, 1.54) is 0 Å². The molecule has 2 aromatic rings. The van der Waals surface area contributed by atoms with E-state index in [0.717, 1.165) is 39.0 Å². The van der Waals surface area contributed by atoms with Gasteiger partial charge in [0.2, 0.25) is 0 Å². The van der Waals surface area contributed by atoms with Gasteiger partial charge in [0.1, 0.15) is 5.75 Å². The Kier molecular flexibility index (Phi) is 5.17. The molecule has 2 rings (SSSR count). The Morgan fingerprint density at radius 3 is 2.84 bits per heavy atom. The van der Waals surface area contributed by atoms with E-state index in [0.29, 0.717) is 0 Å². The molecule has 0 amide bonds. The summed E-state index contributed by atoms with van der Waals surface area (Å²) in [5.41, 5.74) is 1.97. The minimum atomic E-state index is 0.787. The van der Waals surface area contributed by atoms with Crippen LogP contribution >= 0.6 is 23.4 Å². The topological polar surface area (TPSA) is 9.23 Å². The number of halogens is 1. The van der Waals surface area contributed by atoms with Crippen molar-refractivity contribution in [3.8, 4) is 16.9 Å². The van der Waals surface area contributed by atoms with Gasteiger partial charge >= 0.3 is 0 Å². The largest absolute Gasteiger partial charge is 0.496 e. The Morgan fingerprint density at radius 1 is 1.32 bits per heavy atom. The van der Waals surface area contributed by atoms with Gasteiger partial charge < -0.3 is 4.74 Å². The number of hydrogen-bond acceptors (Lipinski definition) is 2. The quantitative estimate of drug-likeness (QED) is 0.690. The fourth-order valence-corrected chi connectivity index (χ4v) is 2.93. The van der Waals surface area contributed by atoms with Gasteiger partial charge in [-0.3, -0.25) is 0 Å². The normalized spacial score (nSPS) is 10.5. The summed E-state index contributed by atoms with van der Waals surface area (Å²) in [5.74, 6) is 1.90. The lowest BCUT2D eigenvalue weighted by molar-refractivity contribution is 0.416. The maximum atomic E-state index is 6.34. The molecule has 0 aliphatic carbocycles. The minimum Gasteiger partial charge on any atom is -0.496 e. The van der Waals surface area contributed by atoms with Crippen molar-refractivity contribution in [1.82, 2.24) is 0 Å². The summed E-state index contributed by atoms with van der Waals surface area (Å²) in [6, 6.07) is 15.0. The molecule has 2 aromatic carbocycles. The second kappa shape index (κ2) is 6.88. The second-order valence-corrected chi connectivity index (χ2v) is 5.65. The van der Waals surface area contributed by atoms with Crippen molar-refractivity contribution in [2.45, 2.75) is 18.2 Å². The van der Waals surface area contributed by atoms with Crippen LogP contribution in [0, 0.1) is 6.07 Å². The molecule has 0 aromatic heterocycles. The van der Waals surface area contributed by atoms with Crippen molar-refractivity contribution in [1.29, 1.82) is 0 Å². The van der Waals surface area contributed by atoms with Gasteiger partial charge in [-0.15, -0.1) is 11.8 Å². The van der Waals surface area contributed by atoms with Gasteiger partial charge in [-0.05, 0) is 42.0 Å². The highest BCUT2D eigenvalue weighted by Gasteiger charge is 2.08. The van der Waals surface area contributed by atoms with Crippen LogP contribution in [0.1, 0.15) is 13.3 Å². The highest BCUT2D eigenvalue weighted by molar-refractivity contribution is 7.99. The van der Waals surface area contributed by atoms with E-state index in [1.54, 1.807) is 18.9 Å². The highest BCUT2D eigenvalue weighted by atomic mass is 35.5. The molecule has 0 saturated carbocycles. The van der Waals surface area contributed by atoms with Crippen molar-refractivity contribution >= 4 is 23.4 Å². The monoisotopic (exact) mass is 291 g/mol. The van der Waals surface area contributed by atoms with Gasteiger partial charge in [0, 0.05) is 10.5 Å². The van der Waals surface area contributed by atoms with E-state index in [2.05, 4.69) is 25.1 Å². The third kappa shape index (κ3) is 3.46. The molecule has 0 spiro atoms. The van der Waals surface area contributed by atoms with E-state index in [9.17, 15) is 0 Å². The first-order valence-corrected chi connectivity index (χ1v) is 7.60. The molecule has 99 valence electrons. The molecule has 0 bridgehead atoms. The zero-order valence-corrected chi connectivity index (χ0v) is 12.6. The number of methoxy groups -OCH3 is 1. The van der Waals surface area contributed by atoms with E-state index in [-0.39, 0.29) is 0 Å². The minimum absolute atomic E-state index is 0.787. The lowest BCUT2D eigenvalue weighted by atomic mass is 10.0. The van der Waals surface area contributed by atoms with Gasteiger partial charge in [0.05, 0.1) is 12.1 Å². The van der Waals surface area contributed by atoms with Crippen LogP contribution in [0.15, 0.2) is 41.3 Å². The maximum Gasteiger partial charge on any atom is 0.127 e. The number of benzene rings is 2. The summed E-state index contributed by atoms with van der Waals surface area (Å²) >= 11 is 8.12. The summed E-state index contributed by atoms with van der Waals surface area (Å²) in [6.45, 7) is 2.17. The maximum absolute atomic E-state index is 6.34. The molecule has 0 aliphatic heterocycles. The molecule has 0 unspecified atom stereocenters. The van der Waals surface area contributed by atoms with Crippen LogP contribution in [-0.2, 0) is 0 Å². The van der Waals surface area contributed by atoms with Crippen molar-refractivity contribution in [2.75, 3.05) is 12.9 Å². The van der Waals surface area contributed by atoms with Gasteiger partial charge in [0.25, 0.3) is 0 Å². The Bertz CT molecular complexity index is 554. The molecule has 1 nitrogen and oxygen atoms in total. The van der Waals surface area contributed by atoms with E-state index in [4.69, 9.17) is 16.3 Å². The Hall–Kier alpha value is -1.12. The molecule has 0 aliphatic rings. The second-order valence-electron chi connectivity index (χ2n) is 4.11. The summed E-state index contributed by atoms with van der Waals surface area (Å²) in [5, 5.41) is 0.787. The van der Waals surface area contributed by atoms with Crippen LogP contribution in [0.25, 0.3) is 11.1 Å². The predicted molar refractivity (Wildman–Crippen MR) is 83.3 cm³/mol. The van der Waals surface area contributed by atoms with Crippen LogP contribution in [0.4, 0.5) is 0 Å². The van der Waals surface area contributed by atoms with Gasteiger partial charge in [-0.25, -0.2) is 0 Å². The molecule has 19 heavy (non-hydrogen) atoms. The summed E-state index contributed by atoms with van der Waals surface area (Å²) in [6.07, 6.45) is 1.14. The third-order valence-electron chi connectivity index (χ3n) is 2.72. The molecule has 0 fully saturated rings. The standard InChI is InChI=1S/C16H16ClOS/c1-3-10-19-16-9-8-12(11-14(16)17)13-6-4-5-7-15(13)18-2/h4-5,7-9,11H,3,10H2,1-2H3. The number of rotatable bonds is 5. The number of thioether (sulfide) groups is 1. The molecule has 1 radical (unpaired) electrons. The van der Waals surface area contributed by atoms with Gasteiger partial charge in [-0.1, -0.05) is 36.7 Å². The Balaban J connectivity index is 2.33. The van der Waals surface area contributed by atoms with E-state index in [1.807, 2.05) is 24.3 Å². The van der Waals surface area contributed by atoms with Crippen molar-refractivity contribution in [3.63, 3.8) is 0 Å². The Labute approximate surface area is 123 Å². The average Bonchev–Trinajstić information content (AvgIpc) is 2.46. The first kappa shape index (κ1) is 14.3. The first-order valence-electron chi connectivity index (χ1n) is 6.23. The molecule has 0 atom stereocenters. The predicted octanol–water partition coefficient (Wildman–Crippen LogP) is 5.32.